The Balaban J connectivity index is 1.36. The zero-order valence-electron chi connectivity index (χ0n) is 20.4. The van der Waals surface area contributed by atoms with Crippen molar-refractivity contribution in [1.82, 2.24) is 9.80 Å². The van der Waals surface area contributed by atoms with Gasteiger partial charge < -0.3 is 16.4 Å². The highest BCUT2D eigenvalue weighted by atomic mass is 35.5. The molecule has 2 unspecified atom stereocenters. The maximum Gasteiger partial charge on any atom is 0.239 e. The lowest BCUT2D eigenvalue weighted by Crippen LogP contribution is -2.58. The first-order chi connectivity index (χ1) is 17.0. The molecule has 1 aliphatic rings. The summed E-state index contributed by atoms with van der Waals surface area (Å²) in [6.45, 7) is 4.02. The zero-order chi connectivity index (χ0) is 24.6. The molecule has 0 aliphatic carbocycles. The van der Waals surface area contributed by atoms with Gasteiger partial charge in [0.15, 0.2) is 0 Å². The molecular weight excluding hydrogens is 456 g/mol. The molecular formula is C29H37ClN4O. The molecule has 0 bridgehead atoms. The van der Waals surface area contributed by atoms with E-state index in [9.17, 15) is 4.79 Å². The quantitative estimate of drug-likeness (QED) is 0.415. The summed E-state index contributed by atoms with van der Waals surface area (Å²) >= 11 is 5.99. The second-order valence-electron chi connectivity index (χ2n) is 9.63. The van der Waals surface area contributed by atoms with Crippen LogP contribution in [0.5, 0.6) is 0 Å². The molecule has 3 aromatic rings. The van der Waals surface area contributed by atoms with Gasteiger partial charge in [-0.25, -0.2) is 0 Å². The minimum absolute atomic E-state index is 0.0398. The number of unbranched alkanes of at least 4 members (excludes halogenated alkanes) is 1. The van der Waals surface area contributed by atoms with Gasteiger partial charge >= 0.3 is 0 Å². The summed E-state index contributed by atoms with van der Waals surface area (Å²) < 4.78 is 0. The number of hydrogen-bond donors (Lipinski definition) is 2. The molecule has 5 nitrogen and oxygen atoms in total. The van der Waals surface area contributed by atoms with Crippen molar-refractivity contribution in [3.63, 3.8) is 0 Å². The molecule has 1 amide bonds. The van der Waals surface area contributed by atoms with Gasteiger partial charge in [0.1, 0.15) is 0 Å². The van der Waals surface area contributed by atoms with Crippen LogP contribution in [0.4, 0.5) is 0 Å². The van der Waals surface area contributed by atoms with Crippen molar-refractivity contribution in [2.24, 2.45) is 11.5 Å². The second kappa shape index (κ2) is 12.5. The number of benzene rings is 3. The van der Waals surface area contributed by atoms with E-state index in [0.29, 0.717) is 24.0 Å². The molecule has 2 atom stereocenters. The van der Waals surface area contributed by atoms with Gasteiger partial charge in [-0.05, 0) is 66.3 Å². The van der Waals surface area contributed by atoms with Crippen molar-refractivity contribution in [1.29, 1.82) is 0 Å². The molecule has 1 heterocycles. The Bertz CT molecular complexity index is 1100. The molecule has 6 heteroatoms. The van der Waals surface area contributed by atoms with Gasteiger partial charge in [-0.15, -0.1) is 0 Å². The smallest absolute Gasteiger partial charge is 0.239 e. The predicted octanol–water partition coefficient (Wildman–Crippen LogP) is 4.25. The van der Waals surface area contributed by atoms with Gasteiger partial charge in [-0.1, -0.05) is 72.6 Å². The van der Waals surface area contributed by atoms with Crippen LogP contribution in [0.25, 0.3) is 10.8 Å². The van der Waals surface area contributed by atoms with Crippen LogP contribution in [-0.4, -0.2) is 60.5 Å². The molecule has 3 aromatic carbocycles. The van der Waals surface area contributed by atoms with Gasteiger partial charge in [0.2, 0.25) is 5.91 Å². The van der Waals surface area contributed by atoms with E-state index < -0.39 is 6.04 Å². The van der Waals surface area contributed by atoms with E-state index in [0.717, 1.165) is 57.4 Å². The third kappa shape index (κ3) is 7.05. The molecule has 0 aromatic heterocycles. The van der Waals surface area contributed by atoms with Crippen LogP contribution < -0.4 is 11.5 Å². The molecule has 4 N–H and O–H groups in total. The van der Waals surface area contributed by atoms with Crippen molar-refractivity contribution in [2.45, 2.75) is 44.2 Å². The summed E-state index contributed by atoms with van der Waals surface area (Å²) in [5.41, 5.74) is 14.5. The minimum atomic E-state index is -0.537. The van der Waals surface area contributed by atoms with Crippen LogP contribution in [0.15, 0.2) is 66.7 Å². The number of piperazine rings is 1. The molecule has 1 saturated heterocycles. The van der Waals surface area contributed by atoms with Crippen molar-refractivity contribution >= 4 is 28.3 Å². The lowest BCUT2D eigenvalue weighted by molar-refractivity contribution is -0.135. The van der Waals surface area contributed by atoms with Gasteiger partial charge in [0.25, 0.3) is 0 Å². The molecule has 35 heavy (non-hydrogen) atoms. The fourth-order valence-corrected chi connectivity index (χ4v) is 5.17. The largest absolute Gasteiger partial charge is 0.338 e. The first-order valence-electron chi connectivity index (χ1n) is 12.7. The highest BCUT2D eigenvalue weighted by Crippen LogP contribution is 2.20. The van der Waals surface area contributed by atoms with E-state index >= 15 is 0 Å². The van der Waals surface area contributed by atoms with E-state index in [2.05, 4.69) is 47.4 Å². The van der Waals surface area contributed by atoms with E-state index in [-0.39, 0.29) is 5.91 Å². The number of nitrogens with zero attached hydrogens (tertiary/aromatic N) is 2. The average Bonchev–Trinajstić information content (AvgIpc) is 2.88. The third-order valence-corrected chi connectivity index (χ3v) is 7.35. The lowest BCUT2D eigenvalue weighted by Gasteiger charge is -2.42. The summed E-state index contributed by atoms with van der Waals surface area (Å²) in [5.74, 6) is 0.0398. The third-order valence-electron chi connectivity index (χ3n) is 7.10. The average molecular weight is 493 g/mol. The number of rotatable bonds is 10. The number of hydrogen-bond acceptors (Lipinski definition) is 4. The predicted molar refractivity (Wildman–Crippen MR) is 146 cm³/mol. The molecule has 0 radical (unpaired) electrons. The molecule has 1 fully saturated rings. The summed E-state index contributed by atoms with van der Waals surface area (Å²) in [6.07, 6.45) is 4.66. The van der Waals surface area contributed by atoms with Crippen LogP contribution in [0.2, 0.25) is 5.02 Å². The first-order valence-corrected chi connectivity index (χ1v) is 13.1. The summed E-state index contributed by atoms with van der Waals surface area (Å²) in [4.78, 5) is 17.7. The first kappa shape index (κ1) is 25.6. The van der Waals surface area contributed by atoms with E-state index in [1.807, 2.05) is 29.2 Å². The summed E-state index contributed by atoms with van der Waals surface area (Å²) in [5, 5.41) is 3.25. The van der Waals surface area contributed by atoms with Gasteiger partial charge in [0.05, 0.1) is 6.04 Å². The van der Waals surface area contributed by atoms with Gasteiger partial charge in [-0.3, -0.25) is 9.69 Å². The molecule has 186 valence electrons. The van der Waals surface area contributed by atoms with Crippen molar-refractivity contribution in [3.05, 3.63) is 82.9 Å². The number of fused-ring (bicyclic) bond motifs is 1. The van der Waals surface area contributed by atoms with Gasteiger partial charge in [0, 0.05) is 37.2 Å². The number of amides is 1. The highest BCUT2D eigenvalue weighted by molar-refractivity contribution is 6.30. The minimum Gasteiger partial charge on any atom is -0.338 e. The molecule has 1 aliphatic heterocycles. The second-order valence-corrected chi connectivity index (χ2v) is 10.1. The maximum absolute atomic E-state index is 13.2. The zero-order valence-corrected chi connectivity index (χ0v) is 21.2. The monoisotopic (exact) mass is 492 g/mol. The van der Waals surface area contributed by atoms with Crippen molar-refractivity contribution < 1.29 is 4.79 Å². The summed E-state index contributed by atoms with van der Waals surface area (Å²) in [7, 11) is 0. The lowest BCUT2D eigenvalue weighted by atomic mass is 10.0. The Morgan fingerprint density at radius 1 is 0.971 bits per heavy atom. The number of nitrogens with two attached hydrogens (primary N) is 2. The van der Waals surface area contributed by atoms with E-state index in [1.165, 1.54) is 16.3 Å². The van der Waals surface area contributed by atoms with Crippen LogP contribution in [-0.2, 0) is 17.6 Å². The van der Waals surface area contributed by atoms with E-state index in [4.69, 9.17) is 23.1 Å². The standard InChI is InChI=1S/C29H37ClN4O/c30-26-12-9-22(10-13-26)20-28(32)29(35)34-18-17-33(27(21-34)7-3-4-15-31)16-14-23-8-11-24-5-1-2-6-25(24)19-23/h1-2,5-6,8-13,19,27-28H,3-4,7,14-18,20-21,31-32H2. The molecule has 0 spiro atoms. The molecule has 0 saturated carbocycles. The van der Waals surface area contributed by atoms with Gasteiger partial charge in [-0.2, -0.15) is 0 Å². The number of carbonyl (C=O) groups is 1. The van der Waals surface area contributed by atoms with Crippen LogP contribution in [0.3, 0.4) is 0 Å². The number of carbonyl (C=O) groups excluding carboxylic acids is 1. The SMILES string of the molecule is NCCCCC1CN(C(=O)C(N)Cc2ccc(Cl)cc2)CCN1CCc1ccc2ccccc2c1. The Hall–Kier alpha value is -2.44. The van der Waals surface area contributed by atoms with Crippen molar-refractivity contribution in [3.8, 4) is 0 Å². The maximum atomic E-state index is 13.2. The van der Waals surface area contributed by atoms with Crippen LogP contribution in [0.1, 0.15) is 30.4 Å². The van der Waals surface area contributed by atoms with Crippen LogP contribution in [0, 0.1) is 0 Å². The topological polar surface area (TPSA) is 75.6 Å². The molecule has 4 rings (SSSR count). The number of halogens is 1. The Morgan fingerprint density at radius 2 is 1.71 bits per heavy atom. The highest BCUT2D eigenvalue weighted by Gasteiger charge is 2.31. The Kier molecular flexibility index (Phi) is 9.16. The Morgan fingerprint density at radius 3 is 2.49 bits per heavy atom. The fourth-order valence-electron chi connectivity index (χ4n) is 5.05. The fraction of sp³-hybridized carbons (Fsp3) is 0.414. The summed E-state index contributed by atoms with van der Waals surface area (Å²) in [6, 6.07) is 22.6. The normalized spacial score (nSPS) is 17.6. The Labute approximate surface area is 214 Å². The van der Waals surface area contributed by atoms with Crippen molar-refractivity contribution in [2.75, 3.05) is 32.7 Å². The van der Waals surface area contributed by atoms with Crippen LogP contribution >= 0.6 is 11.6 Å². The van der Waals surface area contributed by atoms with E-state index in [1.54, 1.807) is 0 Å².